The molecule has 1 aliphatic heterocycles. The van der Waals surface area contributed by atoms with E-state index in [0.29, 0.717) is 6.54 Å². The molecular formula is C16H28N2O3. The number of carbonyl (C=O) groups is 2. The lowest BCUT2D eigenvalue weighted by atomic mass is 9.75. The minimum absolute atomic E-state index is 0.0934. The zero-order chi connectivity index (χ0) is 15.3. The zero-order valence-electron chi connectivity index (χ0n) is 13.0. The second-order valence-corrected chi connectivity index (χ2v) is 6.58. The molecule has 2 atom stereocenters. The van der Waals surface area contributed by atoms with Gasteiger partial charge in [0.2, 0.25) is 5.91 Å². The second-order valence-electron chi connectivity index (χ2n) is 6.58. The van der Waals surface area contributed by atoms with E-state index in [0.717, 1.165) is 58.0 Å². The predicted octanol–water partition coefficient (Wildman–Crippen LogP) is 1.77. The van der Waals surface area contributed by atoms with Crippen molar-refractivity contribution >= 4 is 11.9 Å². The molecule has 21 heavy (non-hydrogen) atoms. The van der Waals surface area contributed by atoms with Gasteiger partial charge in [-0.25, -0.2) is 0 Å². The summed E-state index contributed by atoms with van der Waals surface area (Å²) < 4.78 is 0. The summed E-state index contributed by atoms with van der Waals surface area (Å²) >= 11 is 0. The van der Waals surface area contributed by atoms with Gasteiger partial charge in [-0.2, -0.15) is 0 Å². The van der Waals surface area contributed by atoms with Crippen LogP contribution in [0.3, 0.4) is 0 Å². The van der Waals surface area contributed by atoms with Gasteiger partial charge in [-0.15, -0.1) is 0 Å². The first-order valence-corrected chi connectivity index (χ1v) is 8.31. The Bertz CT molecular complexity index is 378. The Morgan fingerprint density at radius 3 is 2.52 bits per heavy atom. The Morgan fingerprint density at radius 2 is 1.90 bits per heavy atom. The molecule has 1 saturated carbocycles. The number of aliphatic carboxylic acids is 1. The van der Waals surface area contributed by atoms with Gasteiger partial charge in [0, 0.05) is 6.54 Å². The molecule has 1 amide bonds. The number of hydrogen-bond donors (Lipinski definition) is 3. The van der Waals surface area contributed by atoms with E-state index in [9.17, 15) is 14.7 Å². The molecule has 120 valence electrons. The molecule has 0 aromatic carbocycles. The Morgan fingerprint density at radius 1 is 1.24 bits per heavy atom. The normalized spacial score (nSPS) is 28.8. The number of amides is 1. The van der Waals surface area contributed by atoms with E-state index in [1.54, 1.807) is 0 Å². The van der Waals surface area contributed by atoms with Crippen LogP contribution in [0.2, 0.25) is 0 Å². The lowest BCUT2D eigenvalue weighted by Crippen LogP contribution is -2.49. The molecule has 2 aliphatic rings. The van der Waals surface area contributed by atoms with Gasteiger partial charge in [0.1, 0.15) is 0 Å². The number of carboxylic acid groups (broad SMARTS) is 1. The highest BCUT2D eigenvalue weighted by Gasteiger charge is 2.38. The van der Waals surface area contributed by atoms with E-state index in [1.807, 2.05) is 0 Å². The van der Waals surface area contributed by atoms with E-state index in [4.69, 9.17) is 0 Å². The lowest BCUT2D eigenvalue weighted by molar-refractivity contribution is -0.145. The largest absolute Gasteiger partial charge is 0.481 e. The fourth-order valence-corrected chi connectivity index (χ4v) is 3.83. The van der Waals surface area contributed by atoms with Gasteiger partial charge in [-0.1, -0.05) is 19.8 Å². The number of hydrogen-bond acceptors (Lipinski definition) is 3. The molecule has 2 unspecified atom stereocenters. The average Bonchev–Trinajstić information content (AvgIpc) is 2.53. The fraction of sp³-hybridized carbons (Fsp3) is 0.875. The topological polar surface area (TPSA) is 78.4 Å². The van der Waals surface area contributed by atoms with E-state index in [2.05, 4.69) is 17.6 Å². The van der Waals surface area contributed by atoms with Crippen molar-refractivity contribution in [2.75, 3.05) is 19.6 Å². The molecule has 0 spiro atoms. The van der Waals surface area contributed by atoms with Crippen molar-refractivity contribution < 1.29 is 14.7 Å². The quantitative estimate of drug-likeness (QED) is 0.722. The van der Waals surface area contributed by atoms with E-state index in [1.165, 1.54) is 0 Å². The second kappa shape index (κ2) is 7.25. The van der Waals surface area contributed by atoms with E-state index < -0.39 is 5.97 Å². The van der Waals surface area contributed by atoms with Crippen molar-refractivity contribution in [3.63, 3.8) is 0 Å². The SMILES string of the molecule is CCC1(C(=O)NCC2CCCCC2C(=O)O)CCNCC1. The standard InChI is InChI=1S/C16H28N2O3/c1-2-16(7-9-17-10-8-16)15(21)18-11-12-5-3-4-6-13(12)14(19)20/h12-13,17H,2-11H2,1H3,(H,18,21)(H,19,20). The molecular weight excluding hydrogens is 268 g/mol. The van der Waals surface area contributed by atoms with Crippen LogP contribution < -0.4 is 10.6 Å². The molecule has 0 aromatic rings. The first kappa shape index (κ1) is 16.3. The molecule has 5 heteroatoms. The summed E-state index contributed by atoms with van der Waals surface area (Å²) in [6.45, 7) is 4.38. The van der Waals surface area contributed by atoms with Gasteiger partial charge >= 0.3 is 5.97 Å². The Labute approximate surface area is 126 Å². The van der Waals surface area contributed by atoms with Crippen molar-refractivity contribution in [1.29, 1.82) is 0 Å². The summed E-state index contributed by atoms with van der Waals surface area (Å²) in [6, 6.07) is 0. The minimum Gasteiger partial charge on any atom is -0.481 e. The van der Waals surface area contributed by atoms with Gasteiger partial charge in [0.15, 0.2) is 0 Å². The van der Waals surface area contributed by atoms with Gasteiger partial charge in [-0.3, -0.25) is 9.59 Å². The molecule has 1 aliphatic carbocycles. The highest BCUT2D eigenvalue weighted by molar-refractivity contribution is 5.82. The Kier molecular flexibility index (Phi) is 5.62. The summed E-state index contributed by atoms with van der Waals surface area (Å²) in [5, 5.41) is 15.7. The van der Waals surface area contributed by atoms with Crippen molar-refractivity contribution in [3.8, 4) is 0 Å². The number of rotatable bonds is 5. The maximum absolute atomic E-state index is 12.6. The molecule has 5 nitrogen and oxygen atoms in total. The molecule has 0 aromatic heterocycles. The fourth-order valence-electron chi connectivity index (χ4n) is 3.83. The van der Waals surface area contributed by atoms with Crippen LogP contribution in [-0.4, -0.2) is 36.6 Å². The van der Waals surface area contributed by atoms with E-state index in [-0.39, 0.29) is 23.2 Å². The van der Waals surface area contributed by atoms with Gasteiger partial charge in [0.05, 0.1) is 11.3 Å². The molecule has 0 radical (unpaired) electrons. The Balaban J connectivity index is 1.91. The van der Waals surface area contributed by atoms with Gasteiger partial charge < -0.3 is 15.7 Å². The smallest absolute Gasteiger partial charge is 0.306 e. The van der Waals surface area contributed by atoms with Gasteiger partial charge in [-0.05, 0) is 51.1 Å². The van der Waals surface area contributed by atoms with Crippen LogP contribution >= 0.6 is 0 Å². The highest BCUT2D eigenvalue weighted by atomic mass is 16.4. The van der Waals surface area contributed by atoms with Crippen LogP contribution in [0.15, 0.2) is 0 Å². The van der Waals surface area contributed by atoms with E-state index >= 15 is 0 Å². The van der Waals surface area contributed by atoms with Crippen LogP contribution in [0.5, 0.6) is 0 Å². The molecule has 1 saturated heterocycles. The van der Waals surface area contributed by atoms with Gasteiger partial charge in [0.25, 0.3) is 0 Å². The average molecular weight is 296 g/mol. The lowest BCUT2D eigenvalue weighted by Gasteiger charge is -2.36. The summed E-state index contributed by atoms with van der Waals surface area (Å²) in [5.41, 5.74) is -0.251. The summed E-state index contributed by atoms with van der Waals surface area (Å²) in [5.74, 6) is -0.775. The first-order valence-electron chi connectivity index (χ1n) is 8.31. The van der Waals surface area contributed by atoms with Crippen molar-refractivity contribution in [3.05, 3.63) is 0 Å². The van der Waals surface area contributed by atoms with Crippen LogP contribution in [-0.2, 0) is 9.59 Å². The Hall–Kier alpha value is -1.10. The maximum Gasteiger partial charge on any atom is 0.306 e. The molecule has 2 rings (SSSR count). The van der Waals surface area contributed by atoms with Crippen LogP contribution in [0.4, 0.5) is 0 Å². The number of nitrogens with one attached hydrogen (secondary N) is 2. The third-order valence-electron chi connectivity index (χ3n) is 5.47. The van der Waals surface area contributed by atoms with Crippen LogP contribution in [0, 0.1) is 17.3 Å². The molecule has 2 fully saturated rings. The van der Waals surface area contributed by atoms with Crippen molar-refractivity contribution in [2.45, 2.75) is 51.9 Å². The number of carbonyl (C=O) groups excluding carboxylic acids is 1. The third kappa shape index (κ3) is 3.76. The van der Waals surface area contributed by atoms with Crippen LogP contribution in [0.1, 0.15) is 51.9 Å². The molecule has 0 bridgehead atoms. The number of carboxylic acids is 1. The van der Waals surface area contributed by atoms with Crippen molar-refractivity contribution in [2.24, 2.45) is 17.3 Å². The predicted molar refractivity (Wildman–Crippen MR) is 80.9 cm³/mol. The summed E-state index contributed by atoms with van der Waals surface area (Å²) in [7, 11) is 0. The summed E-state index contributed by atoms with van der Waals surface area (Å²) in [6.07, 6.45) is 6.34. The van der Waals surface area contributed by atoms with Crippen LogP contribution in [0.25, 0.3) is 0 Å². The monoisotopic (exact) mass is 296 g/mol. The minimum atomic E-state index is -0.707. The maximum atomic E-state index is 12.6. The third-order valence-corrected chi connectivity index (χ3v) is 5.47. The first-order chi connectivity index (χ1) is 10.1. The number of piperidine rings is 1. The highest BCUT2D eigenvalue weighted by Crippen LogP contribution is 2.34. The molecule has 3 N–H and O–H groups in total. The molecule has 1 heterocycles. The summed E-state index contributed by atoms with van der Waals surface area (Å²) in [4.78, 5) is 23.9. The van der Waals surface area contributed by atoms with Crippen molar-refractivity contribution in [1.82, 2.24) is 10.6 Å². The zero-order valence-corrected chi connectivity index (χ0v) is 13.0.